The molecule has 2 aromatic rings. The summed E-state index contributed by atoms with van der Waals surface area (Å²) in [5, 5.41) is 3.22. The highest BCUT2D eigenvalue weighted by molar-refractivity contribution is 6.30. The molecule has 2 saturated heterocycles. The number of hydrogen-bond donors (Lipinski definition) is 2. The van der Waals surface area contributed by atoms with Crippen LogP contribution in [0.4, 0.5) is 10.5 Å². The molecule has 2 aliphatic rings. The van der Waals surface area contributed by atoms with E-state index in [0.717, 1.165) is 11.3 Å². The average Bonchev–Trinajstić information content (AvgIpc) is 3.10. The molecule has 2 fully saturated rings. The highest BCUT2D eigenvalue weighted by Crippen LogP contribution is 2.39. The SMILES string of the molecule is NC(=O)NCCN1CN(c2ccccc2)C2(CCN(C(=O)[CH]Cc3ccc(Cl)cc3)CC2)C1=O. The van der Waals surface area contributed by atoms with E-state index in [1.807, 2.05) is 59.5 Å². The van der Waals surface area contributed by atoms with Crippen molar-refractivity contribution >= 4 is 35.1 Å². The highest BCUT2D eigenvalue weighted by atomic mass is 35.5. The van der Waals surface area contributed by atoms with E-state index in [4.69, 9.17) is 17.3 Å². The second-order valence-corrected chi connectivity index (χ2v) is 9.09. The molecule has 0 atom stereocenters. The maximum atomic E-state index is 13.6. The van der Waals surface area contributed by atoms with Crippen LogP contribution in [-0.4, -0.2) is 66.0 Å². The van der Waals surface area contributed by atoms with Crippen molar-refractivity contribution in [2.24, 2.45) is 5.73 Å². The molecule has 0 aromatic heterocycles. The number of para-hydroxylation sites is 1. The second kappa shape index (κ2) is 10.3. The topological polar surface area (TPSA) is 99.0 Å². The van der Waals surface area contributed by atoms with Crippen molar-refractivity contribution in [3.8, 4) is 0 Å². The molecule has 0 aliphatic carbocycles. The number of primary amides is 1. The van der Waals surface area contributed by atoms with Crippen LogP contribution in [-0.2, 0) is 16.0 Å². The zero-order valence-corrected chi connectivity index (χ0v) is 19.7. The molecule has 2 heterocycles. The van der Waals surface area contributed by atoms with Gasteiger partial charge in [-0.3, -0.25) is 9.59 Å². The minimum absolute atomic E-state index is 0.0241. The molecular weight excluding hydrogens is 454 g/mol. The van der Waals surface area contributed by atoms with Gasteiger partial charge in [-0.1, -0.05) is 41.9 Å². The number of urea groups is 1. The first kappa shape index (κ1) is 23.9. The summed E-state index contributed by atoms with van der Waals surface area (Å²) in [4.78, 5) is 43.2. The standard InChI is InChI=1S/C25H29ClN5O3/c26-20-9-6-19(7-10-20)8-11-22(32)29-15-12-25(13-16-29)23(33)30(17-14-28-24(27)34)18-31(25)21-4-2-1-3-5-21/h1-7,9-11H,8,12-18H2,(H3,27,28,34). The number of piperidine rings is 1. The van der Waals surface area contributed by atoms with Gasteiger partial charge in [0.15, 0.2) is 0 Å². The summed E-state index contributed by atoms with van der Waals surface area (Å²) in [7, 11) is 0. The zero-order chi connectivity index (χ0) is 24.1. The third kappa shape index (κ3) is 5.12. The van der Waals surface area contributed by atoms with E-state index in [1.54, 1.807) is 11.3 Å². The Kier molecular flexibility index (Phi) is 7.26. The lowest BCUT2D eigenvalue weighted by Crippen LogP contribution is -2.57. The number of carbonyl (C=O) groups excluding carboxylic acids is 3. The largest absolute Gasteiger partial charge is 0.352 e. The van der Waals surface area contributed by atoms with Gasteiger partial charge in [-0.15, -0.1) is 0 Å². The maximum absolute atomic E-state index is 13.6. The number of halogens is 1. The molecule has 4 amide bonds. The van der Waals surface area contributed by atoms with Gasteiger partial charge in [-0.25, -0.2) is 4.79 Å². The van der Waals surface area contributed by atoms with E-state index in [9.17, 15) is 14.4 Å². The normalized spacial score (nSPS) is 17.3. The van der Waals surface area contributed by atoms with Gasteiger partial charge in [0.25, 0.3) is 0 Å². The van der Waals surface area contributed by atoms with Crippen molar-refractivity contribution < 1.29 is 14.4 Å². The number of anilines is 1. The Hall–Kier alpha value is -3.26. The van der Waals surface area contributed by atoms with Gasteiger partial charge >= 0.3 is 6.03 Å². The van der Waals surface area contributed by atoms with Gasteiger partial charge < -0.3 is 25.8 Å². The first-order valence-electron chi connectivity index (χ1n) is 11.4. The number of nitrogens with zero attached hydrogens (tertiary/aromatic N) is 3. The van der Waals surface area contributed by atoms with Crippen LogP contribution in [0.2, 0.25) is 5.02 Å². The Morgan fingerprint density at radius 1 is 1.06 bits per heavy atom. The van der Waals surface area contributed by atoms with Crippen molar-refractivity contribution in [3.63, 3.8) is 0 Å². The van der Waals surface area contributed by atoms with Gasteiger partial charge in [0.05, 0.1) is 13.1 Å². The number of amides is 4. The molecule has 179 valence electrons. The lowest BCUT2D eigenvalue weighted by atomic mass is 9.85. The fourth-order valence-electron chi connectivity index (χ4n) is 4.74. The minimum atomic E-state index is -0.707. The molecule has 0 unspecified atom stereocenters. The van der Waals surface area contributed by atoms with E-state index in [-0.39, 0.29) is 11.8 Å². The molecule has 34 heavy (non-hydrogen) atoms. The summed E-state index contributed by atoms with van der Waals surface area (Å²) in [6, 6.07) is 16.7. The van der Waals surface area contributed by atoms with E-state index in [2.05, 4.69) is 10.2 Å². The number of likely N-dealkylation sites (tertiary alicyclic amines) is 1. The van der Waals surface area contributed by atoms with Crippen LogP contribution < -0.4 is 16.0 Å². The fourth-order valence-corrected chi connectivity index (χ4v) is 4.86. The van der Waals surface area contributed by atoms with E-state index in [1.165, 1.54) is 0 Å². The second-order valence-electron chi connectivity index (χ2n) is 8.66. The molecule has 1 spiro atoms. The number of rotatable bonds is 7. The molecule has 2 aromatic carbocycles. The Morgan fingerprint density at radius 3 is 2.38 bits per heavy atom. The summed E-state index contributed by atoms with van der Waals surface area (Å²) in [6.07, 6.45) is 3.31. The van der Waals surface area contributed by atoms with E-state index in [0.29, 0.717) is 57.1 Å². The molecular formula is C25H29ClN5O3. The lowest BCUT2D eigenvalue weighted by Gasteiger charge is -2.43. The molecule has 2 aliphatic heterocycles. The van der Waals surface area contributed by atoms with Crippen LogP contribution in [0, 0.1) is 6.42 Å². The Bertz CT molecular complexity index is 1020. The number of nitrogens with one attached hydrogen (secondary N) is 1. The fraction of sp³-hybridized carbons (Fsp3) is 0.360. The molecule has 4 rings (SSSR count). The molecule has 9 heteroatoms. The number of nitrogens with two attached hydrogens (primary N) is 1. The molecule has 1 radical (unpaired) electrons. The van der Waals surface area contributed by atoms with E-state index < -0.39 is 11.6 Å². The van der Waals surface area contributed by atoms with Crippen molar-refractivity contribution in [2.75, 3.05) is 37.7 Å². The van der Waals surface area contributed by atoms with Crippen LogP contribution in [0.1, 0.15) is 18.4 Å². The van der Waals surface area contributed by atoms with Crippen LogP contribution >= 0.6 is 11.6 Å². The van der Waals surface area contributed by atoms with Gasteiger partial charge in [-0.2, -0.15) is 0 Å². The van der Waals surface area contributed by atoms with Crippen LogP contribution in [0.15, 0.2) is 54.6 Å². The summed E-state index contributed by atoms with van der Waals surface area (Å²) in [6.45, 7) is 2.10. The molecule has 0 bridgehead atoms. The van der Waals surface area contributed by atoms with Gasteiger partial charge in [0.1, 0.15) is 5.54 Å². The lowest BCUT2D eigenvalue weighted by molar-refractivity contribution is -0.137. The smallest absolute Gasteiger partial charge is 0.312 e. The summed E-state index contributed by atoms with van der Waals surface area (Å²) >= 11 is 5.93. The first-order valence-corrected chi connectivity index (χ1v) is 11.8. The number of hydrogen-bond acceptors (Lipinski definition) is 4. The van der Waals surface area contributed by atoms with Crippen LogP contribution in [0.25, 0.3) is 0 Å². The third-order valence-corrected chi connectivity index (χ3v) is 6.84. The van der Waals surface area contributed by atoms with Crippen molar-refractivity contribution in [3.05, 3.63) is 71.6 Å². The summed E-state index contributed by atoms with van der Waals surface area (Å²) in [5.41, 5.74) is 6.45. The predicted octanol–water partition coefficient (Wildman–Crippen LogP) is 2.42. The molecule has 8 nitrogen and oxygen atoms in total. The van der Waals surface area contributed by atoms with Gasteiger partial charge in [0.2, 0.25) is 11.8 Å². The van der Waals surface area contributed by atoms with Crippen molar-refractivity contribution in [2.45, 2.75) is 24.8 Å². The highest BCUT2D eigenvalue weighted by Gasteiger charge is 2.53. The van der Waals surface area contributed by atoms with Crippen molar-refractivity contribution in [1.29, 1.82) is 0 Å². The number of carbonyl (C=O) groups is 3. The van der Waals surface area contributed by atoms with Crippen LogP contribution in [0.5, 0.6) is 0 Å². The van der Waals surface area contributed by atoms with Crippen molar-refractivity contribution in [1.82, 2.24) is 15.1 Å². The summed E-state index contributed by atoms with van der Waals surface area (Å²) < 4.78 is 0. The average molecular weight is 483 g/mol. The van der Waals surface area contributed by atoms with Gasteiger partial charge in [0, 0.05) is 36.9 Å². The maximum Gasteiger partial charge on any atom is 0.312 e. The first-order chi connectivity index (χ1) is 16.4. The summed E-state index contributed by atoms with van der Waals surface area (Å²) in [5.74, 6) is 0.00360. The Balaban J connectivity index is 1.42. The predicted molar refractivity (Wildman–Crippen MR) is 131 cm³/mol. The molecule has 3 N–H and O–H groups in total. The monoisotopic (exact) mass is 482 g/mol. The quantitative estimate of drug-likeness (QED) is 0.633. The van der Waals surface area contributed by atoms with E-state index >= 15 is 0 Å². The third-order valence-electron chi connectivity index (χ3n) is 6.59. The Labute approximate surface area is 204 Å². The van der Waals surface area contributed by atoms with Gasteiger partial charge in [-0.05, 0) is 49.1 Å². The minimum Gasteiger partial charge on any atom is -0.352 e. The molecule has 0 saturated carbocycles. The zero-order valence-electron chi connectivity index (χ0n) is 19.0. The van der Waals surface area contributed by atoms with Crippen LogP contribution in [0.3, 0.4) is 0 Å². The number of benzene rings is 2. The Morgan fingerprint density at radius 2 is 1.74 bits per heavy atom.